The third kappa shape index (κ3) is 3.12. The molecule has 1 aromatic carbocycles. The van der Waals surface area contributed by atoms with Crippen molar-refractivity contribution in [2.24, 2.45) is 0 Å². The molecule has 1 N–H and O–H groups in total. The number of ether oxygens (including phenoxy) is 2. The molecule has 0 spiro atoms. The Morgan fingerprint density at radius 1 is 1.29 bits per heavy atom. The number of methoxy groups -OCH3 is 2. The van der Waals surface area contributed by atoms with Gasteiger partial charge in [-0.05, 0) is 6.42 Å². The average molecular weight is 238 g/mol. The van der Waals surface area contributed by atoms with Crippen LogP contribution >= 0.6 is 0 Å². The number of phenolic OH excluding ortho intramolecular Hbond substituents is 1. The van der Waals surface area contributed by atoms with Crippen LogP contribution in [0.5, 0.6) is 17.2 Å². The van der Waals surface area contributed by atoms with Gasteiger partial charge in [0.15, 0.2) is 5.78 Å². The molecule has 0 saturated heterocycles. The average Bonchev–Trinajstić information content (AvgIpc) is 2.34. The molecule has 0 aliphatic rings. The fourth-order valence-corrected chi connectivity index (χ4v) is 1.60. The van der Waals surface area contributed by atoms with Crippen LogP contribution in [0.15, 0.2) is 12.1 Å². The van der Waals surface area contributed by atoms with Crippen molar-refractivity contribution in [3.8, 4) is 17.2 Å². The highest BCUT2D eigenvalue weighted by molar-refractivity contribution is 6.01. The maximum atomic E-state index is 11.9. The summed E-state index contributed by atoms with van der Waals surface area (Å²) in [6.07, 6.45) is 2.14. The normalized spacial score (nSPS) is 10.1. The summed E-state index contributed by atoms with van der Waals surface area (Å²) in [6.45, 7) is 2.01. The van der Waals surface area contributed by atoms with E-state index in [4.69, 9.17) is 9.47 Å². The van der Waals surface area contributed by atoms with Gasteiger partial charge in [-0.2, -0.15) is 0 Å². The first kappa shape index (κ1) is 13.4. The lowest BCUT2D eigenvalue weighted by Crippen LogP contribution is -2.03. The lowest BCUT2D eigenvalue weighted by molar-refractivity contribution is 0.0974. The van der Waals surface area contributed by atoms with Crippen LogP contribution in [0.2, 0.25) is 0 Å². The van der Waals surface area contributed by atoms with E-state index >= 15 is 0 Å². The summed E-state index contributed by atoms with van der Waals surface area (Å²) < 4.78 is 10.1. The first-order valence-electron chi connectivity index (χ1n) is 5.62. The monoisotopic (exact) mass is 238 g/mol. The molecule has 1 rings (SSSR count). The van der Waals surface area contributed by atoms with Crippen molar-refractivity contribution < 1.29 is 19.4 Å². The number of carbonyl (C=O) groups excluding carboxylic acids is 1. The zero-order valence-electron chi connectivity index (χ0n) is 10.4. The molecule has 0 bridgehead atoms. The van der Waals surface area contributed by atoms with E-state index in [0.717, 1.165) is 12.8 Å². The fourth-order valence-electron chi connectivity index (χ4n) is 1.60. The van der Waals surface area contributed by atoms with Crippen molar-refractivity contribution in [3.05, 3.63) is 17.7 Å². The summed E-state index contributed by atoms with van der Waals surface area (Å²) in [6, 6.07) is 3.01. The molecular formula is C13H18O4. The Morgan fingerprint density at radius 2 is 2.00 bits per heavy atom. The number of hydrogen-bond donors (Lipinski definition) is 1. The van der Waals surface area contributed by atoms with Crippen molar-refractivity contribution in [3.63, 3.8) is 0 Å². The summed E-state index contributed by atoms with van der Waals surface area (Å²) >= 11 is 0. The summed E-state index contributed by atoms with van der Waals surface area (Å²) in [4.78, 5) is 11.9. The van der Waals surface area contributed by atoms with Gasteiger partial charge in [0, 0.05) is 18.6 Å². The Hall–Kier alpha value is -1.71. The predicted molar refractivity (Wildman–Crippen MR) is 65.1 cm³/mol. The van der Waals surface area contributed by atoms with Gasteiger partial charge in [0.1, 0.15) is 22.8 Å². The van der Waals surface area contributed by atoms with E-state index in [1.54, 1.807) is 6.07 Å². The molecule has 0 heterocycles. The molecule has 0 saturated carbocycles. The van der Waals surface area contributed by atoms with Gasteiger partial charge in [0.25, 0.3) is 0 Å². The van der Waals surface area contributed by atoms with Crippen molar-refractivity contribution in [1.82, 2.24) is 0 Å². The topological polar surface area (TPSA) is 55.8 Å². The molecule has 94 valence electrons. The van der Waals surface area contributed by atoms with E-state index in [2.05, 4.69) is 0 Å². The Bertz CT molecular complexity index is 399. The zero-order chi connectivity index (χ0) is 12.8. The second-order valence-corrected chi connectivity index (χ2v) is 3.75. The number of phenols is 1. The highest BCUT2D eigenvalue weighted by Crippen LogP contribution is 2.34. The molecule has 0 unspecified atom stereocenters. The number of unbranched alkanes of at least 4 members (excludes halogenated alkanes) is 1. The Kier molecular flexibility index (Phi) is 4.82. The smallest absolute Gasteiger partial charge is 0.170 e. The third-order valence-electron chi connectivity index (χ3n) is 2.55. The minimum Gasteiger partial charge on any atom is -0.507 e. The van der Waals surface area contributed by atoms with Crippen molar-refractivity contribution >= 4 is 5.78 Å². The van der Waals surface area contributed by atoms with Gasteiger partial charge in [0.05, 0.1) is 14.2 Å². The standard InChI is InChI=1S/C13H18O4/c1-4-5-6-10(14)13-11(15)7-9(16-2)8-12(13)17-3/h7-8,15H,4-6H2,1-3H3. The van der Waals surface area contributed by atoms with Crippen LogP contribution in [0, 0.1) is 0 Å². The van der Waals surface area contributed by atoms with Crippen LogP contribution < -0.4 is 9.47 Å². The second-order valence-electron chi connectivity index (χ2n) is 3.75. The van der Waals surface area contributed by atoms with Crippen LogP contribution in [0.3, 0.4) is 0 Å². The molecule has 0 amide bonds. The van der Waals surface area contributed by atoms with Gasteiger partial charge in [-0.25, -0.2) is 0 Å². The minimum atomic E-state index is -0.108. The molecule has 0 atom stereocenters. The van der Waals surface area contributed by atoms with Gasteiger partial charge in [-0.1, -0.05) is 13.3 Å². The molecular weight excluding hydrogens is 220 g/mol. The van der Waals surface area contributed by atoms with E-state index in [1.165, 1.54) is 20.3 Å². The van der Waals surface area contributed by atoms with E-state index in [-0.39, 0.29) is 17.1 Å². The molecule has 17 heavy (non-hydrogen) atoms. The maximum absolute atomic E-state index is 11.9. The summed E-state index contributed by atoms with van der Waals surface area (Å²) in [7, 11) is 2.96. The van der Waals surface area contributed by atoms with Crippen molar-refractivity contribution in [2.75, 3.05) is 14.2 Å². The number of Topliss-reactive ketones (excluding diaryl/α,β-unsaturated/α-hetero) is 1. The molecule has 1 aromatic rings. The quantitative estimate of drug-likeness (QED) is 0.774. The maximum Gasteiger partial charge on any atom is 0.170 e. The van der Waals surface area contributed by atoms with E-state index < -0.39 is 0 Å². The molecule has 0 aromatic heterocycles. The first-order chi connectivity index (χ1) is 8.13. The van der Waals surface area contributed by atoms with Crippen LogP contribution in [0.4, 0.5) is 0 Å². The number of ketones is 1. The number of rotatable bonds is 6. The first-order valence-corrected chi connectivity index (χ1v) is 5.62. The Balaban J connectivity index is 3.09. The van der Waals surface area contributed by atoms with E-state index in [1.807, 2.05) is 6.92 Å². The lowest BCUT2D eigenvalue weighted by atomic mass is 10.0. The van der Waals surface area contributed by atoms with Crippen molar-refractivity contribution in [2.45, 2.75) is 26.2 Å². The number of hydrogen-bond acceptors (Lipinski definition) is 4. The SMILES string of the molecule is CCCCC(=O)c1c(O)cc(OC)cc1OC. The Labute approximate surface area is 101 Å². The van der Waals surface area contributed by atoms with Crippen LogP contribution in [0.1, 0.15) is 36.5 Å². The summed E-state index contributed by atoms with van der Waals surface area (Å²) in [5.74, 6) is 0.612. The molecule has 0 aliphatic carbocycles. The highest BCUT2D eigenvalue weighted by atomic mass is 16.5. The number of carbonyl (C=O) groups is 1. The lowest BCUT2D eigenvalue weighted by Gasteiger charge is -2.11. The second kappa shape index (κ2) is 6.13. The highest BCUT2D eigenvalue weighted by Gasteiger charge is 2.18. The van der Waals surface area contributed by atoms with Gasteiger partial charge in [-0.3, -0.25) is 4.79 Å². The van der Waals surface area contributed by atoms with Crippen LogP contribution in [-0.2, 0) is 0 Å². The predicted octanol–water partition coefficient (Wildman–Crippen LogP) is 2.78. The molecule has 0 aliphatic heterocycles. The third-order valence-corrected chi connectivity index (χ3v) is 2.55. The van der Waals surface area contributed by atoms with E-state index in [9.17, 15) is 9.90 Å². The molecule has 0 fully saturated rings. The largest absolute Gasteiger partial charge is 0.507 e. The summed E-state index contributed by atoms with van der Waals surface area (Å²) in [5.41, 5.74) is 0.238. The molecule has 0 radical (unpaired) electrons. The fraction of sp³-hybridized carbons (Fsp3) is 0.462. The van der Waals surface area contributed by atoms with E-state index in [0.29, 0.717) is 17.9 Å². The summed E-state index contributed by atoms with van der Waals surface area (Å²) in [5, 5.41) is 9.82. The Morgan fingerprint density at radius 3 is 2.53 bits per heavy atom. The van der Waals surface area contributed by atoms with Gasteiger partial charge >= 0.3 is 0 Å². The zero-order valence-corrected chi connectivity index (χ0v) is 10.4. The molecule has 4 nitrogen and oxygen atoms in total. The number of aromatic hydroxyl groups is 1. The number of benzene rings is 1. The van der Waals surface area contributed by atoms with Gasteiger partial charge < -0.3 is 14.6 Å². The minimum absolute atomic E-state index is 0.0951. The van der Waals surface area contributed by atoms with Crippen LogP contribution in [-0.4, -0.2) is 25.1 Å². The van der Waals surface area contributed by atoms with Crippen LogP contribution in [0.25, 0.3) is 0 Å². The van der Waals surface area contributed by atoms with Gasteiger partial charge in [0.2, 0.25) is 0 Å². The van der Waals surface area contributed by atoms with Crippen molar-refractivity contribution in [1.29, 1.82) is 0 Å². The van der Waals surface area contributed by atoms with Gasteiger partial charge in [-0.15, -0.1) is 0 Å². The molecule has 4 heteroatoms.